The van der Waals surface area contributed by atoms with Gasteiger partial charge in [0.05, 0.1) is 75.4 Å². The third-order valence-corrected chi connectivity index (χ3v) is 16.8. The van der Waals surface area contributed by atoms with Gasteiger partial charge in [0.15, 0.2) is 0 Å². The molecule has 72 heavy (non-hydrogen) atoms. The third kappa shape index (κ3) is 43.4. The van der Waals surface area contributed by atoms with Gasteiger partial charge in [-0.3, -0.25) is 32.9 Å². The van der Waals surface area contributed by atoms with Crippen molar-refractivity contribution in [2.24, 2.45) is 23.1 Å². The van der Waals surface area contributed by atoms with E-state index < -0.39 is 40.5 Å². The average molecular weight is 1120 g/mol. The zero-order chi connectivity index (χ0) is 54.4. The van der Waals surface area contributed by atoms with E-state index in [1.165, 1.54) is 0 Å². The molecular formula is C46H106N10O12S4+2. The predicted octanol–water partition coefficient (Wildman–Crippen LogP) is 1.27. The summed E-state index contributed by atoms with van der Waals surface area (Å²) < 4.78 is 132. The van der Waals surface area contributed by atoms with E-state index in [1.54, 1.807) is 0 Å². The second kappa shape index (κ2) is 40.5. The minimum Gasteiger partial charge on any atom is -0.330 e. The van der Waals surface area contributed by atoms with Gasteiger partial charge in [0.2, 0.25) is 0 Å². The van der Waals surface area contributed by atoms with Crippen molar-refractivity contribution in [3.05, 3.63) is 0 Å². The van der Waals surface area contributed by atoms with Crippen LogP contribution in [0.15, 0.2) is 0 Å². The molecule has 0 amide bonds. The van der Waals surface area contributed by atoms with E-state index >= 15 is 0 Å². The van der Waals surface area contributed by atoms with Gasteiger partial charge in [-0.2, -0.15) is 33.7 Å². The van der Waals surface area contributed by atoms with Crippen LogP contribution in [0.25, 0.3) is 0 Å². The number of quaternary nitrogens is 2. The summed E-state index contributed by atoms with van der Waals surface area (Å²) in [6, 6.07) is 0. The smallest absolute Gasteiger partial charge is 0.265 e. The van der Waals surface area contributed by atoms with Crippen LogP contribution in [0.3, 0.4) is 0 Å². The lowest BCUT2D eigenvalue weighted by Crippen LogP contribution is -2.55. The van der Waals surface area contributed by atoms with Crippen LogP contribution >= 0.6 is 0 Å². The fourth-order valence-corrected chi connectivity index (χ4v) is 11.4. The van der Waals surface area contributed by atoms with Crippen molar-refractivity contribution >= 4 is 40.5 Å². The first kappa shape index (κ1) is 71.2. The molecule has 0 aromatic carbocycles. The maximum Gasteiger partial charge on any atom is 0.265 e. The van der Waals surface area contributed by atoms with E-state index in [4.69, 9.17) is 21.8 Å². The molecule has 0 heterocycles. The molecule has 2 atom stereocenters. The van der Waals surface area contributed by atoms with Crippen LogP contribution in [0.1, 0.15) is 111 Å². The van der Waals surface area contributed by atoms with Crippen molar-refractivity contribution in [2.75, 3.05) is 180 Å². The largest absolute Gasteiger partial charge is 0.330 e. The van der Waals surface area contributed by atoms with Crippen LogP contribution in [-0.4, -0.2) is 256 Å². The van der Waals surface area contributed by atoms with Gasteiger partial charge < -0.3 is 36.8 Å². The monoisotopic (exact) mass is 1120 g/mol. The van der Waals surface area contributed by atoms with Gasteiger partial charge in [-0.25, -0.2) is 0 Å². The lowest BCUT2D eigenvalue weighted by atomic mass is 10.1. The molecule has 0 spiro atoms. The Hall–Kier alpha value is -0.760. The molecule has 0 aromatic heterocycles. The Morgan fingerprint density at radius 3 is 1.22 bits per heavy atom. The Morgan fingerprint density at radius 2 is 0.778 bits per heavy atom. The Labute approximate surface area is 438 Å². The molecule has 0 aliphatic carbocycles. The zero-order valence-corrected chi connectivity index (χ0v) is 48.2. The quantitative estimate of drug-likeness (QED) is 0.0235. The summed E-state index contributed by atoms with van der Waals surface area (Å²) in [5.74, 6) is -0.694. The highest BCUT2D eigenvalue weighted by Crippen LogP contribution is 2.20. The number of hydrogen-bond donors (Lipinski definition) is 9. The van der Waals surface area contributed by atoms with Gasteiger partial charge in [-0.1, -0.05) is 27.2 Å². The molecule has 2 unspecified atom stereocenters. The van der Waals surface area contributed by atoms with Gasteiger partial charge in [-0.05, 0) is 109 Å². The molecule has 0 aliphatic heterocycles. The molecule has 0 saturated heterocycles. The number of nitrogens with zero attached hydrogens (tertiary/aromatic N) is 5. The molecule has 0 saturated carbocycles. The van der Waals surface area contributed by atoms with Crippen molar-refractivity contribution in [3.63, 3.8) is 0 Å². The van der Waals surface area contributed by atoms with Crippen LogP contribution in [-0.2, 0) is 40.5 Å². The zero-order valence-electron chi connectivity index (χ0n) is 44.9. The summed E-state index contributed by atoms with van der Waals surface area (Å²) in [6.45, 7) is 23.2. The van der Waals surface area contributed by atoms with Crippen molar-refractivity contribution < 1.29 is 60.8 Å². The van der Waals surface area contributed by atoms with Crippen LogP contribution in [0.5, 0.6) is 0 Å². The summed E-state index contributed by atoms with van der Waals surface area (Å²) in [5.41, 5.74) is 17.9. The maximum absolute atomic E-state index is 11.9. The molecule has 12 N–H and O–H groups in total. The molecule has 22 nitrogen and oxygen atoms in total. The summed E-state index contributed by atoms with van der Waals surface area (Å²) in [7, 11) is -16.4. The predicted molar refractivity (Wildman–Crippen MR) is 292 cm³/mol. The molecule has 0 rings (SSSR count). The summed E-state index contributed by atoms with van der Waals surface area (Å²) in [6.07, 6.45) is 11.1. The molecule has 0 radical (unpaired) electrons. The van der Waals surface area contributed by atoms with Gasteiger partial charge >= 0.3 is 0 Å². The van der Waals surface area contributed by atoms with Gasteiger partial charge in [-0.15, -0.1) is 0 Å². The molecule has 0 bridgehead atoms. The molecular weight excluding hydrogens is 1010 g/mol. The number of rotatable bonds is 53. The third-order valence-electron chi connectivity index (χ3n) is 13.5. The normalized spacial score (nSPS) is 14.8. The van der Waals surface area contributed by atoms with E-state index in [1.807, 2.05) is 0 Å². The number of hydrogen-bond acceptors (Lipinski definition) is 16. The number of nitrogens with two attached hydrogens (primary N) is 3. The van der Waals surface area contributed by atoms with Crippen molar-refractivity contribution in [1.29, 1.82) is 0 Å². The SMILES string of the molecule is CCCC[N+](CCCCC[N+](CCCCCN)(CCCS(=O)(=O)O)CCN(CCN)CCCS(=O)(=O)O)(CCCC(C)C)CCN(CCCS(=O)(=O)O)CCN(CCN)CCNCCNCCCS(=O)(=O)O. The summed E-state index contributed by atoms with van der Waals surface area (Å²) in [5, 5.41) is 6.58. The van der Waals surface area contributed by atoms with Crippen molar-refractivity contribution in [2.45, 2.75) is 111 Å². The Kier molecular flexibility index (Phi) is 40.0. The number of unbranched alkanes of at least 4 members (excludes halogenated alkanes) is 5. The Morgan fingerprint density at radius 1 is 0.389 bits per heavy atom. The highest BCUT2D eigenvalue weighted by molar-refractivity contribution is 7.86. The fourth-order valence-electron chi connectivity index (χ4n) is 9.44. The lowest BCUT2D eigenvalue weighted by molar-refractivity contribution is -0.930. The van der Waals surface area contributed by atoms with E-state index in [0.29, 0.717) is 128 Å². The number of nitrogens with one attached hydrogen (secondary N) is 2. The van der Waals surface area contributed by atoms with Gasteiger partial charge in [0.1, 0.15) is 0 Å². The van der Waals surface area contributed by atoms with E-state index in [0.717, 1.165) is 128 Å². The minimum absolute atomic E-state index is 0.258. The highest BCUT2D eigenvalue weighted by Gasteiger charge is 2.30. The molecule has 0 fully saturated rings. The standard InChI is InChI=1S/C46H104N10O12S4/c1-4-5-34-55(38-12-17-46(2)3,41-33-53(26-15-44-71(63,64)65)30-31-54(28-20-49)29-24-51-23-22-50-21-13-42-69(57,58)59)36-10-7-11-37-56(35-9-6-8-18-47,39-16-45-72(66,67)68)40-32-52(27-19-48)25-14-43-70(60,61)62/h46,50-51H,4-45,47-49H2,1-3H3,(H2-2,57,58,59,60,61,62,63,64,65,66,67,68)/p+2. The Bertz CT molecular complexity index is 1790. The average Bonchev–Trinajstić information content (AvgIpc) is 3.27. The van der Waals surface area contributed by atoms with E-state index in [-0.39, 0.29) is 29.4 Å². The molecule has 0 aromatic rings. The van der Waals surface area contributed by atoms with Crippen LogP contribution in [0.2, 0.25) is 0 Å². The lowest BCUT2D eigenvalue weighted by Gasteiger charge is -2.42. The van der Waals surface area contributed by atoms with Crippen molar-refractivity contribution in [1.82, 2.24) is 25.3 Å². The minimum atomic E-state index is -4.16. The van der Waals surface area contributed by atoms with Gasteiger partial charge in [0, 0.05) is 85.0 Å². The molecule has 0 aliphatic rings. The highest BCUT2D eigenvalue weighted by atomic mass is 32.2. The van der Waals surface area contributed by atoms with Crippen LogP contribution in [0.4, 0.5) is 0 Å². The maximum atomic E-state index is 11.9. The Balaban J connectivity index is 6.32. The second-order valence-corrected chi connectivity index (χ2v) is 26.7. The second-order valence-electron chi connectivity index (χ2n) is 20.4. The van der Waals surface area contributed by atoms with E-state index in [2.05, 4.69) is 46.1 Å². The first-order chi connectivity index (χ1) is 33.8. The molecule has 26 heteroatoms. The fraction of sp³-hybridized carbons (Fsp3) is 1.00. The first-order valence-electron chi connectivity index (χ1n) is 27.0. The molecule has 434 valence electrons. The topological polar surface area (TPSA) is 329 Å². The van der Waals surface area contributed by atoms with E-state index in [9.17, 15) is 47.3 Å². The van der Waals surface area contributed by atoms with Crippen molar-refractivity contribution in [3.8, 4) is 0 Å². The van der Waals surface area contributed by atoms with Gasteiger partial charge in [0.25, 0.3) is 40.5 Å². The summed E-state index contributed by atoms with van der Waals surface area (Å²) in [4.78, 5) is 6.74. The van der Waals surface area contributed by atoms with Crippen LogP contribution in [0, 0.1) is 5.92 Å². The summed E-state index contributed by atoms with van der Waals surface area (Å²) >= 11 is 0. The van der Waals surface area contributed by atoms with Crippen LogP contribution < -0.4 is 27.8 Å². The first-order valence-corrected chi connectivity index (χ1v) is 33.4.